The molecule has 78 heavy (non-hydrogen) atoms. The number of aromatic amines is 1. The van der Waals surface area contributed by atoms with Gasteiger partial charge < -0.3 is 84.7 Å². The highest BCUT2D eigenvalue weighted by atomic mass is 16.4. The standard InChI is InChI=1S/C50H71N13O15/c1-25(2)15-32(57-47(74)37(23-64)61-44(71)34(56-39(68)20-51)16-28-9-7-6-8-10-28)46(73)63-42(27(5)65)49(76)59-35(19-38(52)67)45(72)58-33(17-29-11-13-31(66)14-12-29)43(70)54-22-40(69)62-41(26(3)4)48(75)60-36(50(77)78)18-30-21-53-24-55-30/h6-14,21,24-27,32-37,41-42,64-66H,15-20,22-23,51H2,1-5H3,(H2,52,67)(H,53,55)(H,54,70)(H,56,68)(H,57,74)(H,58,72)(H,59,76)(H,60,75)(H,61,71)(H,62,69)(H,63,73)(H,77,78)/t27-,32+,33+,34+,35+,36+,37+,41+,42+/m1/s1. The lowest BCUT2D eigenvalue weighted by molar-refractivity contribution is -0.142. The molecule has 1 heterocycles. The van der Waals surface area contributed by atoms with Crippen molar-refractivity contribution in [3.8, 4) is 5.75 Å². The number of carboxylic acid groups (broad SMARTS) is 1. The number of nitrogens with one attached hydrogen (secondary N) is 10. The van der Waals surface area contributed by atoms with Crippen molar-refractivity contribution >= 4 is 65.0 Å². The Morgan fingerprint density at radius 1 is 0.590 bits per heavy atom. The summed E-state index contributed by atoms with van der Waals surface area (Å²) >= 11 is 0. The van der Waals surface area contributed by atoms with Gasteiger partial charge in [-0.15, -0.1) is 0 Å². The maximum Gasteiger partial charge on any atom is 0.326 e. The minimum atomic E-state index is -1.89. The molecule has 0 radical (unpaired) electrons. The predicted octanol–water partition coefficient (Wildman–Crippen LogP) is -4.87. The number of aromatic hydroxyl groups is 1. The average molecular weight is 1090 g/mol. The second-order valence-electron chi connectivity index (χ2n) is 19.0. The molecule has 28 nitrogen and oxygen atoms in total. The lowest BCUT2D eigenvalue weighted by atomic mass is 10.0. The third kappa shape index (κ3) is 21.6. The quantitative estimate of drug-likeness (QED) is 0.0279. The van der Waals surface area contributed by atoms with Gasteiger partial charge >= 0.3 is 5.97 Å². The van der Waals surface area contributed by atoms with Crippen LogP contribution in [-0.2, 0) is 72.0 Å². The molecule has 0 spiro atoms. The zero-order valence-electron chi connectivity index (χ0n) is 43.7. The van der Waals surface area contributed by atoms with Gasteiger partial charge in [0.2, 0.25) is 59.1 Å². The molecule has 9 atom stereocenters. The van der Waals surface area contributed by atoms with Crippen LogP contribution in [0.4, 0.5) is 0 Å². The number of hydrogen-bond donors (Lipinski definition) is 16. The second-order valence-corrected chi connectivity index (χ2v) is 19.0. The number of benzene rings is 2. The molecule has 426 valence electrons. The van der Waals surface area contributed by atoms with Crippen LogP contribution in [0.2, 0.25) is 0 Å². The van der Waals surface area contributed by atoms with Crippen LogP contribution < -0.4 is 59.3 Å². The van der Waals surface area contributed by atoms with Gasteiger partial charge in [0.1, 0.15) is 54.1 Å². The number of aliphatic carboxylic acids is 1. The number of amides is 10. The average Bonchev–Trinajstić information content (AvgIpc) is 3.90. The van der Waals surface area contributed by atoms with Gasteiger partial charge in [0.05, 0.1) is 38.5 Å². The number of aliphatic hydroxyl groups is 2. The van der Waals surface area contributed by atoms with E-state index in [1.165, 1.54) is 36.8 Å². The summed E-state index contributed by atoms with van der Waals surface area (Å²) in [6.45, 7) is 5.46. The summed E-state index contributed by atoms with van der Waals surface area (Å²) < 4.78 is 0. The van der Waals surface area contributed by atoms with Gasteiger partial charge in [0.25, 0.3) is 0 Å². The van der Waals surface area contributed by atoms with Crippen molar-refractivity contribution in [1.29, 1.82) is 0 Å². The van der Waals surface area contributed by atoms with Crippen LogP contribution in [0.3, 0.4) is 0 Å². The molecule has 10 amide bonds. The number of nitrogens with two attached hydrogens (primary N) is 2. The lowest BCUT2D eigenvalue weighted by Crippen LogP contribution is -2.62. The normalized spacial score (nSPS) is 14.5. The molecule has 0 aliphatic rings. The molecular weight excluding hydrogens is 1020 g/mol. The number of aromatic nitrogens is 2. The first-order chi connectivity index (χ1) is 36.8. The van der Waals surface area contributed by atoms with Crippen molar-refractivity contribution in [2.45, 2.75) is 121 Å². The summed E-state index contributed by atoms with van der Waals surface area (Å²) in [5.41, 5.74) is 12.3. The molecule has 0 unspecified atom stereocenters. The van der Waals surface area contributed by atoms with E-state index in [0.29, 0.717) is 16.8 Å². The van der Waals surface area contributed by atoms with Gasteiger partial charge in [-0.1, -0.05) is 70.2 Å². The Labute approximate surface area is 448 Å². The Morgan fingerprint density at radius 2 is 1.12 bits per heavy atom. The smallest absolute Gasteiger partial charge is 0.326 e. The molecule has 18 N–H and O–H groups in total. The largest absolute Gasteiger partial charge is 0.508 e. The number of aliphatic hydroxyl groups excluding tert-OH is 2. The Hall–Kier alpha value is -8.50. The highest BCUT2D eigenvalue weighted by Gasteiger charge is 2.36. The maximum absolute atomic E-state index is 14.0. The number of primary amides is 1. The number of carbonyl (C=O) groups excluding carboxylic acids is 10. The van der Waals surface area contributed by atoms with Crippen LogP contribution in [0.1, 0.15) is 64.3 Å². The van der Waals surface area contributed by atoms with Crippen LogP contribution >= 0.6 is 0 Å². The van der Waals surface area contributed by atoms with E-state index in [4.69, 9.17) is 11.5 Å². The number of imidazole rings is 1. The molecule has 28 heteroatoms. The number of rotatable bonds is 32. The van der Waals surface area contributed by atoms with Crippen molar-refractivity contribution in [1.82, 2.24) is 57.8 Å². The van der Waals surface area contributed by atoms with E-state index < -0.39 is 152 Å². The van der Waals surface area contributed by atoms with Crippen LogP contribution in [0.25, 0.3) is 0 Å². The number of phenols is 1. The second kappa shape index (κ2) is 31.5. The monoisotopic (exact) mass is 1090 g/mol. The number of hydrogen-bond acceptors (Lipinski definition) is 16. The number of phenolic OH excluding ortho intramolecular Hbond substituents is 1. The maximum atomic E-state index is 14.0. The van der Waals surface area contributed by atoms with E-state index in [1.807, 2.05) is 0 Å². The van der Waals surface area contributed by atoms with Gasteiger partial charge in [0.15, 0.2) is 0 Å². The Bertz CT molecular complexity index is 2530. The molecule has 3 aromatic rings. The summed E-state index contributed by atoms with van der Waals surface area (Å²) in [4.78, 5) is 152. The predicted molar refractivity (Wildman–Crippen MR) is 276 cm³/mol. The Kier molecular flexibility index (Phi) is 25.8. The first-order valence-electron chi connectivity index (χ1n) is 24.8. The van der Waals surface area contributed by atoms with Crippen molar-refractivity contribution in [3.63, 3.8) is 0 Å². The summed E-state index contributed by atoms with van der Waals surface area (Å²) in [6, 6.07) is 1.57. The molecule has 0 saturated heterocycles. The summed E-state index contributed by atoms with van der Waals surface area (Å²) in [6.07, 6.45) is -0.453. The molecule has 3 rings (SSSR count). The summed E-state index contributed by atoms with van der Waals surface area (Å²) in [5.74, 6) is -12.3. The van der Waals surface area contributed by atoms with E-state index >= 15 is 0 Å². The molecule has 0 bridgehead atoms. The first-order valence-corrected chi connectivity index (χ1v) is 24.8. The van der Waals surface area contributed by atoms with Gasteiger partial charge in [-0.25, -0.2) is 9.78 Å². The number of carboxylic acids is 1. The fraction of sp³-hybridized carbons (Fsp3) is 0.480. The van der Waals surface area contributed by atoms with E-state index in [1.54, 1.807) is 58.0 Å². The lowest BCUT2D eigenvalue weighted by Gasteiger charge is -2.28. The highest BCUT2D eigenvalue weighted by Crippen LogP contribution is 2.13. The van der Waals surface area contributed by atoms with Crippen LogP contribution in [0.15, 0.2) is 67.1 Å². The minimum Gasteiger partial charge on any atom is -0.508 e. The van der Waals surface area contributed by atoms with Crippen molar-refractivity contribution in [2.24, 2.45) is 23.3 Å². The van der Waals surface area contributed by atoms with Gasteiger partial charge in [0, 0.05) is 31.2 Å². The number of carbonyl (C=O) groups is 11. The highest BCUT2D eigenvalue weighted by molar-refractivity contribution is 5.99. The molecule has 2 aromatic carbocycles. The van der Waals surface area contributed by atoms with Crippen molar-refractivity contribution < 1.29 is 73.2 Å². The van der Waals surface area contributed by atoms with E-state index in [2.05, 4.69) is 57.8 Å². The topological polar surface area (TPSA) is 458 Å². The van der Waals surface area contributed by atoms with Crippen LogP contribution in [-0.4, -0.2) is 170 Å². The van der Waals surface area contributed by atoms with E-state index in [-0.39, 0.29) is 37.4 Å². The molecule has 0 aliphatic heterocycles. The zero-order chi connectivity index (χ0) is 58.2. The number of H-pyrrole nitrogens is 1. The fourth-order valence-electron chi connectivity index (χ4n) is 7.56. The molecule has 0 saturated carbocycles. The minimum absolute atomic E-state index is 0.0176. The first kappa shape index (κ1) is 63.8. The summed E-state index contributed by atoms with van der Waals surface area (Å²) in [5, 5.41) is 62.0. The molecular formula is C50H71N13O15. The van der Waals surface area contributed by atoms with Gasteiger partial charge in [-0.2, -0.15) is 0 Å². The number of nitrogens with zero attached hydrogens (tertiary/aromatic N) is 1. The van der Waals surface area contributed by atoms with Crippen LogP contribution in [0, 0.1) is 11.8 Å². The molecule has 0 aliphatic carbocycles. The molecule has 1 aromatic heterocycles. The molecule has 0 fully saturated rings. The van der Waals surface area contributed by atoms with Crippen LogP contribution in [0.5, 0.6) is 5.75 Å². The van der Waals surface area contributed by atoms with Crippen molar-refractivity contribution in [2.75, 3.05) is 19.7 Å². The fourth-order valence-corrected chi connectivity index (χ4v) is 7.56. The third-order valence-corrected chi connectivity index (χ3v) is 11.7. The SMILES string of the molecule is CC(C)C[C@H](NC(=O)[C@H](CO)NC(=O)[C@H](Cc1ccccc1)NC(=O)CN)C(=O)N[C@H](C(=O)N[C@@H](CC(N)=O)C(=O)N[C@@H](Cc1ccc(O)cc1)C(=O)NCC(=O)N[C@H](C(=O)N[C@@H](Cc1cnc[nH]1)C(=O)O)C(C)C)[C@@H](C)O. The van der Waals surface area contributed by atoms with E-state index in [9.17, 15) is 73.2 Å². The Morgan fingerprint density at radius 3 is 1.65 bits per heavy atom. The van der Waals surface area contributed by atoms with Gasteiger partial charge in [-0.3, -0.25) is 47.9 Å². The Balaban J connectivity index is 1.78. The zero-order valence-corrected chi connectivity index (χ0v) is 43.7. The van der Waals surface area contributed by atoms with Gasteiger partial charge in [-0.05, 0) is 48.4 Å². The summed E-state index contributed by atoms with van der Waals surface area (Å²) in [7, 11) is 0. The van der Waals surface area contributed by atoms with Crippen molar-refractivity contribution in [3.05, 3.63) is 83.9 Å². The third-order valence-electron chi connectivity index (χ3n) is 11.7. The van der Waals surface area contributed by atoms with E-state index in [0.717, 1.165) is 6.92 Å².